The fourth-order valence-corrected chi connectivity index (χ4v) is 1.63. The molecular formula is C9H15BrN4O. The van der Waals surface area contributed by atoms with Crippen molar-refractivity contribution in [1.29, 1.82) is 0 Å². The Hall–Kier alpha value is -0.880. The minimum Gasteiger partial charge on any atom is -0.385 e. The Labute approximate surface area is 97.8 Å². The molecule has 0 aliphatic rings. The minimum atomic E-state index is 0.745. The van der Waals surface area contributed by atoms with Crippen LogP contribution in [0.5, 0.6) is 0 Å². The van der Waals surface area contributed by atoms with Gasteiger partial charge < -0.3 is 15.4 Å². The van der Waals surface area contributed by atoms with Gasteiger partial charge in [0.05, 0.1) is 0 Å². The molecule has 0 bridgehead atoms. The fourth-order valence-electron chi connectivity index (χ4n) is 1.09. The zero-order valence-corrected chi connectivity index (χ0v) is 10.5. The van der Waals surface area contributed by atoms with Gasteiger partial charge in [-0.25, -0.2) is 9.97 Å². The molecule has 0 unspecified atom stereocenters. The maximum absolute atomic E-state index is 4.96. The van der Waals surface area contributed by atoms with Gasteiger partial charge in [0, 0.05) is 27.3 Å². The Morgan fingerprint density at radius 2 is 2.13 bits per heavy atom. The summed E-state index contributed by atoms with van der Waals surface area (Å²) in [5.74, 6) is 1.57. The van der Waals surface area contributed by atoms with Crippen molar-refractivity contribution in [2.45, 2.75) is 6.42 Å². The minimum absolute atomic E-state index is 0.745. The molecule has 0 atom stereocenters. The standard InChI is InChI=1S/C9H15BrN4O/c1-11-8-7(10)9(14-6-13-8)12-4-3-5-15-2/h6H,3-5H2,1-2H3,(H2,11,12,13,14). The largest absolute Gasteiger partial charge is 0.385 e. The van der Waals surface area contributed by atoms with E-state index in [0.717, 1.165) is 35.7 Å². The second-order valence-electron chi connectivity index (χ2n) is 2.91. The molecule has 0 spiro atoms. The summed E-state index contributed by atoms with van der Waals surface area (Å²) in [5.41, 5.74) is 0. The highest BCUT2D eigenvalue weighted by atomic mass is 79.9. The quantitative estimate of drug-likeness (QED) is 0.774. The van der Waals surface area contributed by atoms with E-state index >= 15 is 0 Å². The van der Waals surface area contributed by atoms with Crippen LogP contribution in [0.15, 0.2) is 10.8 Å². The number of nitrogens with one attached hydrogen (secondary N) is 2. The predicted molar refractivity (Wildman–Crippen MR) is 64.3 cm³/mol. The summed E-state index contributed by atoms with van der Waals surface area (Å²) < 4.78 is 5.81. The first-order chi connectivity index (χ1) is 7.29. The summed E-state index contributed by atoms with van der Waals surface area (Å²) >= 11 is 3.43. The SMILES string of the molecule is CNc1ncnc(NCCCOC)c1Br. The Bertz CT molecular complexity index is 308. The van der Waals surface area contributed by atoms with Crippen molar-refractivity contribution in [2.24, 2.45) is 0 Å². The Kier molecular flexibility index (Phi) is 5.34. The van der Waals surface area contributed by atoms with E-state index in [1.807, 2.05) is 7.05 Å². The van der Waals surface area contributed by atoms with Gasteiger partial charge in [0.2, 0.25) is 0 Å². The fraction of sp³-hybridized carbons (Fsp3) is 0.556. The molecule has 1 heterocycles. The van der Waals surface area contributed by atoms with E-state index in [4.69, 9.17) is 4.74 Å². The number of ether oxygens (including phenoxy) is 1. The van der Waals surface area contributed by atoms with Crippen molar-refractivity contribution in [3.05, 3.63) is 10.8 Å². The summed E-state index contributed by atoms with van der Waals surface area (Å²) in [6.07, 6.45) is 2.47. The molecule has 2 N–H and O–H groups in total. The number of rotatable bonds is 6. The number of anilines is 2. The van der Waals surface area contributed by atoms with Crippen LogP contribution >= 0.6 is 15.9 Å². The number of hydrogen-bond donors (Lipinski definition) is 2. The van der Waals surface area contributed by atoms with E-state index in [1.54, 1.807) is 7.11 Å². The first kappa shape index (κ1) is 12.2. The first-order valence-electron chi connectivity index (χ1n) is 4.70. The van der Waals surface area contributed by atoms with Gasteiger partial charge in [-0.15, -0.1) is 0 Å². The van der Waals surface area contributed by atoms with E-state index < -0.39 is 0 Å². The maximum atomic E-state index is 4.96. The molecule has 0 saturated heterocycles. The van der Waals surface area contributed by atoms with Crippen molar-refractivity contribution in [1.82, 2.24) is 9.97 Å². The van der Waals surface area contributed by atoms with Crippen molar-refractivity contribution >= 4 is 27.6 Å². The second-order valence-corrected chi connectivity index (χ2v) is 3.70. The molecule has 0 radical (unpaired) electrons. The van der Waals surface area contributed by atoms with Crippen LogP contribution in [-0.2, 0) is 4.74 Å². The number of methoxy groups -OCH3 is 1. The first-order valence-corrected chi connectivity index (χ1v) is 5.50. The maximum Gasteiger partial charge on any atom is 0.145 e. The van der Waals surface area contributed by atoms with Crippen LogP contribution in [0.25, 0.3) is 0 Å². The van der Waals surface area contributed by atoms with Crippen LogP contribution in [0.4, 0.5) is 11.6 Å². The van der Waals surface area contributed by atoms with Crippen molar-refractivity contribution in [2.75, 3.05) is 37.9 Å². The molecule has 1 aromatic heterocycles. The smallest absolute Gasteiger partial charge is 0.145 e. The van der Waals surface area contributed by atoms with Gasteiger partial charge in [0.1, 0.15) is 22.4 Å². The average Bonchev–Trinajstić information content (AvgIpc) is 2.26. The molecule has 0 saturated carbocycles. The monoisotopic (exact) mass is 274 g/mol. The summed E-state index contributed by atoms with van der Waals surface area (Å²) in [7, 11) is 3.52. The van der Waals surface area contributed by atoms with Crippen LogP contribution in [0.2, 0.25) is 0 Å². The van der Waals surface area contributed by atoms with E-state index in [-0.39, 0.29) is 0 Å². The Morgan fingerprint density at radius 3 is 2.80 bits per heavy atom. The van der Waals surface area contributed by atoms with Crippen LogP contribution in [0.1, 0.15) is 6.42 Å². The zero-order chi connectivity index (χ0) is 11.1. The molecule has 5 nitrogen and oxygen atoms in total. The van der Waals surface area contributed by atoms with Crippen LogP contribution < -0.4 is 10.6 Å². The average molecular weight is 275 g/mol. The third-order valence-electron chi connectivity index (χ3n) is 1.84. The third-order valence-corrected chi connectivity index (χ3v) is 2.60. The highest BCUT2D eigenvalue weighted by molar-refractivity contribution is 9.10. The molecule has 6 heteroatoms. The number of aromatic nitrogens is 2. The molecule has 15 heavy (non-hydrogen) atoms. The van der Waals surface area contributed by atoms with Gasteiger partial charge in [-0.2, -0.15) is 0 Å². The summed E-state index contributed by atoms with van der Waals surface area (Å²) in [6, 6.07) is 0. The highest BCUT2D eigenvalue weighted by Gasteiger charge is 2.05. The lowest BCUT2D eigenvalue weighted by Crippen LogP contribution is -2.08. The van der Waals surface area contributed by atoms with Gasteiger partial charge >= 0.3 is 0 Å². The molecule has 84 valence electrons. The Balaban J connectivity index is 2.53. The molecular weight excluding hydrogens is 260 g/mol. The lowest BCUT2D eigenvalue weighted by atomic mass is 10.4. The topological polar surface area (TPSA) is 59.1 Å². The second kappa shape index (κ2) is 6.58. The van der Waals surface area contributed by atoms with Crippen LogP contribution in [-0.4, -0.2) is 37.3 Å². The van der Waals surface area contributed by atoms with Crippen molar-refractivity contribution in [3.8, 4) is 0 Å². The van der Waals surface area contributed by atoms with E-state index in [0.29, 0.717) is 0 Å². The van der Waals surface area contributed by atoms with Gasteiger partial charge in [-0.1, -0.05) is 0 Å². The van der Waals surface area contributed by atoms with Gasteiger partial charge in [-0.05, 0) is 22.4 Å². The molecule has 0 aliphatic carbocycles. The van der Waals surface area contributed by atoms with Crippen LogP contribution in [0, 0.1) is 0 Å². The summed E-state index contributed by atoms with van der Waals surface area (Å²) in [5, 5.41) is 6.18. The molecule has 1 aromatic rings. The van der Waals surface area contributed by atoms with Gasteiger partial charge in [0.15, 0.2) is 0 Å². The summed E-state index contributed by atoms with van der Waals surface area (Å²) in [4.78, 5) is 8.20. The number of halogens is 1. The normalized spacial score (nSPS) is 10.1. The van der Waals surface area contributed by atoms with E-state index in [9.17, 15) is 0 Å². The summed E-state index contributed by atoms with van der Waals surface area (Å²) in [6.45, 7) is 1.57. The molecule has 0 fully saturated rings. The third kappa shape index (κ3) is 3.64. The van der Waals surface area contributed by atoms with Gasteiger partial charge in [-0.3, -0.25) is 0 Å². The number of hydrogen-bond acceptors (Lipinski definition) is 5. The van der Waals surface area contributed by atoms with E-state index in [1.165, 1.54) is 6.33 Å². The van der Waals surface area contributed by atoms with Crippen LogP contribution in [0.3, 0.4) is 0 Å². The lowest BCUT2D eigenvalue weighted by molar-refractivity contribution is 0.197. The van der Waals surface area contributed by atoms with Crippen molar-refractivity contribution in [3.63, 3.8) is 0 Å². The zero-order valence-electron chi connectivity index (χ0n) is 8.88. The Morgan fingerprint density at radius 1 is 1.40 bits per heavy atom. The highest BCUT2D eigenvalue weighted by Crippen LogP contribution is 2.25. The lowest BCUT2D eigenvalue weighted by Gasteiger charge is -2.09. The molecule has 0 aromatic carbocycles. The number of nitrogens with zero attached hydrogens (tertiary/aromatic N) is 2. The van der Waals surface area contributed by atoms with Gasteiger partial charge in [0.25, 0.3) is 0 Å². The molecule has 0 aliphatic heterocycles. The van der Waals surface area contributed by atoms with E-state index in [2.05, 4.69) is 36.5 Å². The molecule has 1 rings (SSSR count). The molecule has 0 amide bonds. The van der Waals surface area contributed by atoms with Crippen molar-refractivity contribution < 1.29 is 4.74 Å². The predicted octanol–water partition coefficient (Wildman–Crippen LogP) is 1.73.